The lowest BCUT2D eigenvalue weighted by atomic mass is 10.1. The van der Waals surface area contributed by atoms with Gasteiger partial charge in [-0.15, -0.1) is 0 Å². The fraction of sp³-hybridized carbons (Fsp3) is 0.320. The van der Waals surface area contributed by atoms with Crippen LogP contribution in [0.5, 0.6) is 0 Å². The molecule has 3 aromatic rings. The molecule has 2 aromatic carbocycles. The molecular weight excluding hydrogens is 525 g/mol. The Morgan fingerprint density at radius 3 is 2.24 bits per heavy atom. The first-order chi connectivity index (χ1) is 17.6. The highest BCUT2D eigenvalue weighted by Crippen LogP contribution is 2.30. The summed E-state index contributed by atoms with van der Waals surface area (Å²) in [5.74, 6) is -0.429. The van der Waals surface area contributed by atoms with Gasteiger partial charge in [-0.1, -0.05) is 18.2 Å². The molecule has 204 valence electrons. The van der Waals surface area contributed by atoms with E-state index in [1.165, 1.54) is 13.1 Å². The standard InChI is InChI=1S/C25H27F3N4O5S/c1-24(2,3)37-23(34)32(15-21(33)29-4)14-18-11-8-16-6-5-7-20(22(16)30-18)31-38(35,36)19-12-9-17(10-13-19)25(26,27)28/h5-13,31H,14-15H2,1-4H3,(H,29,33). The smallest absolute Gasteiger partial charge is 0.416 e. The summed E-state index contributed by atoms with van der Waals surface area (Å²) in [4.78, 5) is 30.0. The van der Waals surface area contributed by atoms with Crippen LogP contribution in [0.15, 0.2) is 59.5 Å². The maximum Gasteiger partial charge on any atom is 0.416 e. The number of para-hydroxylation sites is 1. The van der Waals surface area contributed by atoms with Crippen LogP contribution < -0.4 is 10.0 Å². The lowest BCUT2D eigenvalue weighted by Gasteiger charge is -2.26. The third-order valence-corrected chi connectivity index (χ3v) is 6.51. The number of carbonyl (C=O) groups excluding carboxylic acids is 2. The van der Waals surface area contributed by atoms with Gasteiger partial charge in [-0.2, -0.15) is 13.2 Å². The van der Waals surface area contributed by atoms with Gasteiger partial charge in [-0.25, -0.2) is 18.2 Å². The fourth-order valence-electron chi connectivity index (χ4n) is 3.34. The summed E-state index contributed by atoms with van der Waals surface area (Å²) in [5.41, 5.74) is -1.12. The molecule has 13 heteroatoms. The van der Waals surface area contributed by atoms with Gasteiger partial charge in [-0.05, 0) is 57.2 Å². The Labute approximate surface area is 218 Å². The van der Waals surface area contributed by atoms with E-state index in [0.717, 1.165) is 17.0 Å². The van der Waals surface area contributed by atoms with Gasteiger partial charge in [0.05, 0.1) is 33.9 Å². The molecule has 0 unspecified atom stereocenters. The molecule has 2 N–H and O–H groups in total. The molecule has 1 heterocycles. The van der Waals surface area contributed by atoms with Crippen LogP contribution >= 0.6 is 0 Å². The molecule has 0 bridgehead atoms. The Morgan fingerprint density at radius 1 is 1.00 bits per heavy atom. The number of ether oxygens (including phenoxy) is 1. The predicted molar refractivity (Wildman–Crippen MR) is 135 cm³/mol. The second-order valence-corrected chi connectivity index (χ2v) is 11.0. The highest BCUT2D eigenvalue weighted by Gasteiger charge is 2.31. The number of anilines is 1. The minimum Gasteiger partial charge on any atom is -0.444 e. The average Bonchev–Trinajstić information content (AvgIpc) is 2.82. The SMILES string of the molecule is CNC(=O)CN(Cc1ccc2cccc(NS(=O)(=O)c3ccc(C(F)(F)F)cc3)c2n1)C(=O)OC(C)(C)C. The average molecular weight is 553 g/mol. The number of hydrogen-bond donors (Lipinski definition) is 2. The van der Waals surface area contributed by atoms with E-state index in [0.29, 0.717) is 23.2 Å². The second-order valence-electron chi connectivity index (χ2n) is 9.32. The first-order valence-electron chi connectivity index (χ1n) is 11.4. The van der Waals surface area contributed by atoms with E-state index in [1.807, 2.05) is 0 Å². The Kier molecular flexibility index (Phi) is 8.20. The van der Waals surface area contributed by atoms with Crippen LogP contribution in [0.25, 0.3) is 10.9 Å². The summed E-state index contributed by atoms with van der Waals surface area (Å²) in [6.07, 6.45) is -5.34. The zero-order chi connectivity index (χ0) is 28.3. The molecule has 0 spiro atoms. The van der Waals surface area contributed by atoms with E-state index in [2.05, 4.69) is 15.0 Å². The molecular formula is C25H27F3N4O5S. The molecule has 3 rings (SSSR count). The van der Waals surface area contributed by atoms with Crippen LogP contribution in [0.1, 0.15) is 32.0 Å². The molecule has 0 atom stereocenters. The summed E-state index contributed by atoms with van der Waals surface area (Å²) in [6, 6.07) is 11.1. The van der Waals surface area contributed by atoms with Crippen molar-refractivity contribution in [1.29, 1.82) is 0 Å². The Morgan fingerprint density at radius 2 is 1.66 bits per heavy atom. The number of benzene rings is 2. The first-order valence-corrected chi connectivity index (χ1v) is 12.8. The van der Waals surface area contributed by atoms with Gasteiger partial charge in [0.1, 0.15) is 12.1 Å². The van der Waals surface area contributed by atoms with Crippen molar-refractivity contribution in [2.75, 3.05) is 18.3 Å². The minimum atomic E-state index is -4.60. The molecule has 0 saturated heterocycles. The van der Waals surface area contributed by atoms with Crippen LogP contribution in [0.2, 0.25) is 0 Å². The van der Waals surface area contributed by atoms with Crippen molar-refractivity contribution in [3.63, 3.8) is 0 Å². The second kappa shape index (κ2) is 10.9. The van der Waals surface area contributed by atoms with Crippen molar-refractivity contribution >= 4 is 38.6 Å². The summed E-state index contributed by atoms with van der Waals surface area (Å²) in [7, 11) is -2.82. The van der Waals surface area contributed by atoms with Crippen LogP contribution in [-0.4, -0.2) is 49.5 Å². The van der Waals surface area contributed by atoms with E-state index in [1.54, 1.807) is 45.0 Å². The Bertz CT molecular complexity index is 1440. The van der Waals surface area contributed by atoms with Crippen molar-refractivity contribution in [2.24, 2.45) is 0 Å². The van der Waals surface area contributed by atoms with Crippen molar-refractivity contribution in [1.82, 2.24) is 15.2 Å². The third-order valence-electron chi connectivity index (χ3n) is 5.13. The summed E-state index contributed by atoms with van der Waals surface area (Å²) in [6.45, 7) is 4.65. The van der Waals surface area contributed by atoms with E-state index >= 15 is 0 Å². The number of rotatable bonds is 7. The highest BCUT2D eigenvalue weighted by atomic mass is 32.2. The van der Waals surface area contributed by atoms with E-state index in [4.69, 9.17) is 4.74 Å². The number of aromatic nitrogens is 1. The molecule has 2 amide bonds. The molecule has 0 aliphatic rings. The number of nitrogens with one attached hydrogen (secondary N) is 2. The van der Waals surface area contributed by atoms with Crippen molar-refractivity contribution in [3.8, 4) is 0 Å². The van der Waals surface area contributed by atoms with Crippen LogP contribution in [0.3, 0.4) is 0 Å². The molecule has 0 fully saturated rings. The normalized spacial score (nSPS) is 12.2. The van der Waals surface area contributed by atoms with Gasteiger partial charge < -0.3 is 10.1 Å². The molecule has 0 radical (unpaired) electrons. The predicted octanol–water partition coefficient (Wildman–Crippen LogP) is 4.54. The van der Waals surface area contributed by atoms with Crippen LogP contribution in [-0.2, 0) is 32.3 Å². The zero-order valence-electron chi connectivity index (χ0n) is 21.1. The number of alkyl halides is 3. The molecule has 0 aliphatic carbocycles. The lowest BCUT2D eigenvalue weighted by molar-refractivity contribution is -0.137. The molecule has 38 heavy (non-hydrogen) atoms. The third kappa shape index (κ3) is 7.34. The summed E-state index contributed by atoms with van der Waals surface area (Å²) >= 11 is 0. The highest BCUT2D eigenvalue weighted by molar-refractivity contribution is 7.92. The van der Waals surface area contributed by atoms with Gasteiger partial charge in [0.2, 0.25) is 5.91 Å². The topological polar surface area (TPSA) is 118 Å². The quantitative estimate of drug-likeness (QED) is 0.445. The summed E-state index contributed by atoms with van der Waals surface area (Å²) < 4.78 is 72.2. The van der Waals surface area contributed by atoms with E-state index in [-0.39, 0.29) is 29.2 Å². The van der Waals surface area contributed by atoms with Gasteiger partial charge >= 0.3 is 12.3 Å². The van der Waals surface area contributed by atoms with E-state index < -0.39 is 39.4 Å². The Balaban J connectivity index is 1.93. The van der Waals surface area contributed by atoms with Crippen molar-refractivity contribution in [3.05, 3.63) is 65.9 Å². The maximum atomic E-state index is 12.9. The number of nitrogens with zero attached hydrogens (tertiary/aromatic N) is 2. The zero-order valence-corrected chi connectivity index (χ0v) is 21.9. The molecule has 1 aromatic heterocycles. The van der Waals surface area contributed by atoms with Crippen molar-refractivity contribution in [2.45, 2.75) is 44.0 Å². The number of likely N-dealkylation sites (N-methyl/N-ethyl adjacent to an activating group) is 1. The van der Waals surface area contributed by atoms with Crippen LogP contribution in [0.4, 0.5) is 23.7 Å². The minimum absolute atomic E-state index is 0.0827. The lowest BCUT2D eigenvalue weighted by Crippen LogP contribution is -2.42. The number of halogens is 3. The van der Waals surface area contributed by atoms with Crippen molar-refractivity contribution < 1.29 is 35.9 Å². The maximum absolute atomic E-state index is 12.9. The number of fused-ring (bicyclic) bond motifs is 1. The van der Waals surface area contributed by atoms with Crippen LogP contribution in [0, 0.1) is 0 Å². The summed E-state index contributed by atoms with van der Waals surface area (Å²) in [5, 5.41) is 3.01. The molecule has 9 nitrogen and oxygen atoms in total. The first kappa shape index (κ1) is 28.7. The number of pyridine rings is 1. The monoisotopic (exact) mass is 552 g/mol. The van der Waals surface area contributed by atoms with E-state index in [9.17, 15) is 31.2 Å². The molecule has 0 saturated carbocycles. The number of hydrogen-bond acceptors (Lipinski definition) is 6. The van der Waals surface area contributed by atoms with Gasteiger partial charge in [0.25, 0.3) is 10.0 Å². The number of amides is 2. The number of carbonyl (C=O) groups is 2. The fourth-order valence-corrected chi connectivity index (χ4v) is 4.41. The molecule has 0 aliphatic heterocycles. The number of sulfonamides is 1. The van der Waals surface area contributed by atoms with Gasteiger partial charge in [0.15, 0.2) is 0 Å². The van der Waals surface area contributed by atoms with Gasteiger partial charge in [0, 0.05) is 12.4 Å². The largest absolute Gasteiger partial charge is 0.444 e. The Hall–Kier alpha value is -3.87. The van der Waals surface area contributed by atoms with Gasteiger partial charge in [-0.3, -0.25) is 14.4 Å².